The first-order valence-corrected chi connectivity index (χ1v) is 9.19. The molecule has 3 rings (SSSR count). The topological polar surface area (TPSA) is 36.3 Å². The van der Waals surface area contributed by atoms with Gasteiger partial charge in [0.05, 0.1) is 12.7 Å². The van der Waals surface area contributed by atoms with E-state index in [-0.39, 0.29) is 12.0 Å². The summed E-state index contributed by atoms with van der Waals surface area (Å²) in [4.78, 5) is 1.94. The van der Waals surface area contributed by atoms with Crippen LogP contribution in [-0.2, 0) is 18.0 Å². The van der Waals surface area contributed by atoms with Crippen molar-refractivity contribution in [3.05, 3.63) is 70.7 Å². The maximum Gasteiger partial charge on any atom is 0.416 e. The highest BCUT2D eigenvalue weighted by Gasteiger charge is 2.45. The van der Waals surface area contributed by atoms with Crippen LogP contribution in [0.15, 0.2) is 48.2 Å². The number of rotatable bonds is 5. The first kappa shape index (κ1) is 20.9. The Labute approximate surface area is 167 Å². The number of alkyl halides is 3. The van der Waals surface area contributed by atoms with Gasteiger partial charge < -0.3 is 15.0 Å². The number of hydrogen-bond donors (Lipinski definition) is 1. The standard InChI is InChI=1S/C22H22F4N2O/c1-4-28-19-9-8-14(29-3)12-17(19)21(2,20(28)10-11-27)13-15-16(22(24,25)26)6-5-7-18(15)23/h5-12,27H,4,13H2,1-3H3/b20-10-,27-11?. The van der Waals surface area contributed by atoms with Crippen LogP contribution in [0.1, 0.15) is 30.5 Å². The molecule has 1 N–H and O–H groups in total. The minimum atomic E-state index is -4.67. The summed E-state index contributed by atoms with van der Waals surface area (Å²) in [6.45, 7) is 4.25. The summed E-state index contributed by atoms with van der Waals surface area (Å²) >= 11 is 0. The zero-order chi connectivity index (χ0) is 21.4. The molecule has 0 radical (unpaired) electrons. The first-order chi connectivity index (χ1) is 13.7. The van der Waals surface area contributed by atoms with Crippen LogP contribution in [0.25, 0.3) is 0 Å². The Bertz CT molecular complexity index is 968. The van der Waals surface area contributed by atoms with Crippen molar-refractivity contribution in [1.29, 1.82) is 5.41 Å². The van der Waals surface area contributed by atoms with Crippen molar-refractivity contribution < 1.29 is 22.3 Å². The van der Waals surface area contributed by atoms with Gasteiger partial charge in [-0.25, -0.2) is 4.39 Å². The van der Waals surface area contributed by atoms with E-state index >= 15 is 0 Å². The Morgan fingerprint density at radius 1 is 1.21 bits per heavy atom. The molecular weight excluding hydrogens is 384 g/mol. The smallest absolute Gasteiger partial charge is 0.416 e. The molecule has 1 heterocycles. The molecule has 0 aromatic heterocycles. The third-order valence-corrected chi connectivity index (χ3v) is 5.46. The molecule has 154 valence electrons. The van der Waals surface area contributed by atoms with Gasteiger partial charge in [-0.05, 0) is 62.2 Å². The number of likely N-dealkylation sites (N-methyl/N-ethyl adjacent to an activating group) is 1. The van der Waals surface area contributed by atoms with Gasteiger partial charge in [0, 0.05) is 35.1 Å². The monoisotopic (exact) mass is 406 g/mol. The number of benzene rings is 2. The van der Waals surface area contributed by atoms with E-state index in [1.165, 1.54) is 7.11 Å². The fourth-order valence-corrected chi connectivity index (χ4v) is 4.12. The van der Waals surface area contributed by atoms with Crippen LogP contribution in [0.4, 0.5) is 23.2 Å². The molecule has 7 heteroatoms. The second kappa shape index (κ2) is 7.54. The van der Waals surface area contributed by atoms with Gasteiger partial charge in [0.25, 0.3) is 0 Å². The minimum Gasteiger partial charge on any atom is -0.497 e. The fraction of sp³-hybridized carbons (Fsp3) is 0.318. The summed E-state index contributed by atoms with van der Waals surface area (Å²) in [5.41, 5.74) is -0.136. The average molecular weight is 406 g/mol. The van der Waals surface area contributed by atoms with Gasteiger partial charge in [-0.3, -0.25) is 0 Å². The van der Waals surface area contributed by atoms with Gasteiger partial charge in [-0.1, -0.05) is 6.07 Å². The molecule has 29 heavy (non-hydrogen) atoms. The van der Waals surface area contributed by atoms with Crippen molar-refractivity contribution in [2.24, 2.45) is 0 Å². The normalized spacial score (nSPS) is 20.1. The highest BCUT2D eigenvalue weighted by atomic mass is 19.4. The summed E-state index contributed by atoms with van der Waals surface area (Å²) in [5.74, 6) is -0.332. The molecule has 2 aromatic carbocycles. The van der Waals surface area contributed by atoms with Gasteiger partial charge in [-0.15, -0.1) is 0 Å². The molecule has 1 atom stereocenters. The predicted molar refractivity (Wildman–Crippen MR) is 105 cm³/mol. The van der Waals surface area contributed by atoms with Gasteiger partial charge in [-0.2, -0.15) is 13.2 Å². The number of methoxy groups -OCH3 is 1. The van der Waals surface area contributed by atoms with E-state index < -0.39 is 23.0 Å². The number of fused-ring (bicyclic) bond motifs is 1. The molecule has 2 aromatic rings. The van der Waals surface area contributed by atoms with Gasteiger partial charge in [0.15, 0.2) is 0 Å². The zero-order valence-corrected chi connectivity index (χ0v) is 16.4. The average Bonchev–Trinajstić information content (AvgIpc) is 2.90. The SMILES string of the molecule is CCN1/C(=C\C=N)C(C)(Cc2c(F)cccc2C(F)(F)F)c2cc(OC)ccc21. The van der Waals surface area contributed by atoms with Crippen molar-refractivity contribution >= 4 is 11.9 Å². The van der Waals surface area contributed by atoms with Crippen LogP contribution in [0, 0.1) is 11.2 Å². The van der Waals surface area contributed by atoms with E-state index in [2.05, 4.69) is 0 Å². The Kier molecular flexibility index (Phi) is 5.43. The van der Waals surface area contributed by atoms with Crippen LogP contribution >= 0.6 is 0 Å². The lowest BCUT2D eigenvalue weighted by Gasteiger charge is -2.31. The number of ether oxygens (including phenoxy) is 1. The van der Waals surface area contributed by atoms with Crippen LogP contribution in [0.3, 0.4) is 0 Å². The molecule has 0 fully saturated rings. The lowest BCUT2D eigenvalue weighted by Crippen LogP contribution is -2.32. The summed E-state index contributed by atoms with van der Waals surface area (Å²) in [5, 5.41) is 7.55. The third-order valence-electron chi connectivity index (χ3n) is 5.46. The summed E-state index contributed by atoms with van der Waals surface area (Å²) in [6, 6.07) is 8.42. The largest absolute Gasteiger partial charge is 0.497 e. The summed E-state index contributed by atoms with van der Waals surface area (Å²) in [7, 11) is 1.51. The van der Waals surface area contributed by atoms with E-state index in [4.69, 9.17) is 10.1 Å². The molecule has 0 aliphatic carbocycles. The highest BCUT2D eigenvalue weighted by molar-refractivity contribution is 5.79. The Morgan fingerprint density at radius 3 is 2.52 bits per heavy atom. The molecule has 3 nitrogen and oxygen atoms in total. The van der Waals surface area contributed by atoms with Gasteiger partial charge in [0.1, 0.15) is 11.6 Å². The van der Waals surface area contributed by atoms with Crippen molar-refractivity contribution in [3.63, 3.8) is 0 Å². The Balaban J connectivity index is 2.25. The maximum absolute atomic E-state index is 14.6. The number of allylic oxidation sites excluding steroid dienone is 2. The second-order valence-electron chi connectivity index (χ2n) is 7.12. The number of hydrogen-bond acceptors (Lipinski definition) is 3. The molecule has 0 amide bonds. The number of nitrogens with one attached hydrogen (secondary N) is 1. The summed E-state index contributed by atoms with van der Waals surface area (Å²) in [6.07, 6.45) is -2.21. The maximum atomic E-state index is 14.6. The van der Waals surface area contributed by atoms with Crippen molar-refractivity contribution in [1.82, 2.24) is 0 Å². The van der Waals surface area contributed by atoms with Crippen LogP contribution in [0.2, 0.25) is 0 Å². The van der Waals surface area contributed by atoms with E-state index in [0.717, 1.165) is 35.7 Å². The van der Waals surface area contributed by atoms with E-state index in [9.17, 15) is 17.6 Å². The quantitative estimate of drug-likeness (QED) is 0.509. The van der Waals surface area contributed by atoms with E-state index in [0.29, 0.717) is 18.0 Å². The number of anilines is 1. The molecule has 0 saturated carbocycles. The first-order valence-electron chi connectivity index (χ1n) is 9.19. The number of nitrogens with zero attached hydrogens (tertiary/aromatic N) is 1. The molecule has 0 bridgehead atoms. The molecule has 1 aliphatic rings. The van der Waals surface area contributed by atoms with Crippen molar-refractivity contribution in [3.8, 4) is 5.75 Å². The van der Waals surface area contributed by atoms with Crippen molar-refractivity contribution in [2.45, 2.75) is 31.9 Å². The highest BCUT2D eigenvalue weighted by Crippen LogP contribution is 2.51. The Morgan fingerprint density at radius 2 is 1.93 bits per heavy atom. The third kappa shape index (κ3) is 3.50. The van der Waals surface area contributed by atoms with E-state index in [1.54, 1.807) is 25.1 Å². The van der Waals surface area contributed by atoms with Crippen LogP contribution in [0.5, 0.6) is 5.75 Å². The van der Waals surface area contributed by atoms with Crippen molar-refractivity contribution in [2.75, 3.05) is 18.6 Å². The Hall–Kier alpha value is -2.83. The molecule has 0 spiro atoms. The fourth-order valence-electron chi connectivity index (χ4n) is 4.12. The second-order valence-corrected chi connectivity index (χ2v) is 7.12. The number of halogens is 4. The van der Waals surface area contributed by atoms with Gasteiger partial charge >= 0.3 is 6.18 Å². The molecule has 0 saturated heterocycles. The lowest BCUT2D eigenvalue weighted by atomic mass is 9.75. The van der Waals surface area contributed by atoms with E-state index in [1.807, 2.05) is 17.9 Å². The predicted octanol–water partition coefficient (Wildman–Crippen LogP) is 5.73. The zero-order valence-electron chi connectivity index (χ0n) is 16.4. The molecule has 1 aliphatic heterocycles. The van der Waals surface area contributed by atoms with Crippen LogP contribution < -0.4 is 9.64 Å². The minimum absolute atomic E-state index is 0.204. The molecular formula is C22H22F4N2O. The molecule has 1 unspecified atom stereocenters. The summed E-state index contributed by atoms with van der Waals surface area (Å²) < 4.78 is 60.7. The van der Waals surface area contributed by atoms with Crippen LogP contribution in [-0.4, -0.2) is 19.9 Å². The lowest BCUT2D eigenvalue weighted by molar-refractivity contribution is -0.138. The van der Waals surface area contributed by atoms with Gasteiger partial charge in [0.2, 0.25) is 0 Å².